The van der Waals surface area contributed by atoms with Gasteiger partial charge in [0.05, 0.1) is 36.9 Å². The smallest absolute Gasteiger partial charge is 0.162 e. The molecule has 1 saturated heterocycles. The molecule has 1 aliphatic heterocycles. The highest BCUT2D eigenvalue weighted by Gasteiger charge is 2.15. The lowest BCUT2D eigenvalue weighted by Gasteiger charge is -2.28. The molecule has 2 aromatic heterocycles. The number of rotatable bonds is 6. The quantitative estimate of drug-likeness (QED) is 0.623. The first-order valence-corrected chi connectivity index (χ1v) is 9.38. The Balaban J connectivity index is 1.66. The predicted octanol–water partition coefficient (Wildman–Crippen LogP) is 2.62. The van der Waals surface area contributed by atoms with Crippen LogP contribution in [0.3, 0.4) is 0 Å². The normalized spacial score (nSPS) is 13.9. The number of hydrogen-bond acceptors (Lipinski definition) is 8. The average molecular weight is 390 g/mol. The molecule has 8 nitrogen and oxygen atoms in total. The molecule has 3 aromatic rings. The van der Waals surface area contributed by atoms with E-state index in [-0.39, 0.29) is 0 Å². The van der Waals surface area contributed by atoms with Crippen LogP contribution < -0.4 is 15.4 Å². The fourth-order valence-electron chi connectivity index (χ4n) is 3.08. The number of aromatic nitrogens is 3. The number of anilines is 1. The standard InChI is InChI=1S/C21H22N6O2/c22-9-15-1-2-19(21-25-11-16(10-23)12-26-21)20(7-15)29-18-8-17(13-24-14-18)27-3-5-28-6-4-27/h1-2,7-9,11-14,22H,3-6,10,23H2. The van der Waals surface area contributed by atoms with Gasteiger partial charge in [0, 0.05) is 49.9 Å². The Morgan fingerprint density at radius 3 is 2.62 bits per heavy atom. The van der Waals surface area contributed by atoms with Crippen molar-refractivity contribution >= 4 is 11.9 Å². The van der Waals surface area contributed by atoms with E-state index >= 15 is 0 Å². The van der Waals surface area contributed by atoms with Crippen LogP contribution in [-0.4, -0.2) is 47.5 Å². The molecule has 0 spiro atoms. The lowest BCUT2D eigenvalue weighted by molar-refractivity contribution is 0.122. The number of benzene rings is 1. The summed E-state index contributed by atoms with van der Waals surface area (Å²) in [5.41, 5.74) is 8.93. The summed E-state index contributed by atoms with van der Waals surface area (Å²) in [6.07, 6.45) is 8.18. The van der Waals surface area contributed by atoms with Gasteiger partial charge in [-0.05, 0) is 17.7 Å². The molecule has 1 aliphatic rings. The summed E-state index contributed by atoms with van der Waals surface area (Å²) in [4.78, 5) is 15.3. The van der Waals surface area contributed by atoms with Crippen LogP contribution in [0.5, 0.6) is 11.5 Å². The number of morpholine rings is 1. The van der Waals surface area contributed by atoms with Gasteiger partial charge in [-0.3, -0.25) is 4.98 Å². The Morgan fingerprint density at radius 1 is 1.10 bits per heavy atom. The molecule has 8 heteroatoms. The molecule has 3 N–H and O–H groups in total. The van der Waals surface area contributed by atoms with E-state index in [1.165, 1.54) is 6.21 Å². The Morgan fingerprint density at radius 2 is 1.90 bits per heavy atom. The van der Waals surface area contributed by atoms with Crippen molar-refractivity contribution in [3.05, 3.63) is 60.2 Å². The predicted molar refractivity (Wildman–Crippen MR) is 111 cm³/mol. The molecule has 0 saturated carbocycles. The molecular weight excluding hydrogens is 368 g/mol. The summed E-state index contributed by atoms with van der Waals surface area (Å²) in [6.45, 7) is 3.43. The molecule has 0 atom stereocenters. The van der Waals surface area contributed by atoms with Crippen LogP contribution in [0.4, 0.5) is 5.69 Å². The second-order valence-corrected chi connectivity index (χ2v) is 6.60. The second-order valence-electron chi connectivity index (χ2n) is 6.60. The van der Waals surface area contributed by atoms with Gasteiger partial charge in [-0.2, -0.15) is 0 Å². The van der Waals surface area contributed by atoms with Gasteiger partial charge in [0.25, 0.3) is 0 Å². The van der Waals surface area contributed by atoms with Gasteiger partial charge < -0.3 is 25.5 Å². The third-order valence-electron chi connectivity index (χ3n) is 4.66. The highest BCUT2D eigenvalue weighted by atomic mass is 16.5. The minimum Gasteiger partial charge on any atom is -0.455 e. The Labute approximate surface area is 168 Å². The van der Waals surface area contributed by atoms with Crippen LogP contribution in [0.2, 0.25) is 0 Å². The zero-order valence-electron chi connectivity index (χ0n) is 15.9. The minimum absolute atomic E-state index is 0.385. The number of ether oxygens (including phenoxy) is 2. The van der Waals surface area contributed by atoms with Crippen LogP contribution in [0.1, 0.15) is 11.1 Å². The molecule has 4 rings (SSSR count). The van der Waals surface area contributed by atoms with E-state index < -0.39 is 0 Å². The van der Waals surface area contributed by atoms with Crippen molar-refractivity contribution in [1.82, 2.24) is 15.0 Å². The van der Waals surface area contributed by atoms with Gasteiger partial charge in [0.1, 0.15) is 11.5 Å². The van der Waals surface area contributed by atoms with Crippen molar-refractivity contribution in [3.63, 3.8) is 0 Å². The summed E-state index contributed by atoms with van der Waals surface area (Å²) in [6, 6.07) is 7.44. The summed E-state index contributed by atoms with van der Waals surface area (Å²) in [7, 11) is 0. The summed E-state index contributed by atoms with van der Waals surface area (Å²) in [5.74, 6) is 1.70. The molecule has 0 unspecified atom stereocenters. The minimum atomic E-state index is 0.385. The first-order chi connectivity index (χ1) is 14.3. The van der Waals surface area contributed by atoms with Crippen LogP contribution >= 0.6 is 0 Å². The lowest BCUT2D eigenvalue weighted by atomic mass is 10.1. The first kappa shape index (κ1) is 19.0. The highest BCUT2D eigenvalue weighted by molar-refractivity contribution is 5.80. The van der Waals surface area contributed by atoms with Crippen LogP contribution in [0, 0.1) is 5.41 Å². The van der Waals surface area contributed by atoms with Gasteiger partial charge in [0.2, 0.25) is 0 Å². The SMILES string of the molecule is N=Cc1ccc(-c2ncc(CN)cn2)c(Oc2cncc(N3CCOCC3)c2)c1. The topological polar surface area (TPSA) is 110 Å². The summed E-state index contributed by atoms with van der Waals surface area (Å²) in [5, 5.41) is 7.56. The largest absolute Gasteiger partial charge is 0.455 e. The molecule has 29 heavy (non-hydrogen) atoms. The van der Waals surface area contributed by atoms with Gasteiger partial charge in [-0.1, -0.05) is 6.07 Å². The molecule has 0 aliphatic carbocycles. The van der Waals surface area contributed by atoms with Crippen molar-refractivity contribution < 1.29 is 9.47 Å². The van der Waals surface area contributed by atoms with Crippen molar-refractivity contribution in [3.8, 4) is 22.9 Å². The number of nitrogens with zero attached hydrogens (tertiary/aromatic N) is 4. The van der Waals surface area contributed by atoms with Crippen molar-refractivity contribution in [1.29, 1.82) is 5.41 Å². The van der Waals surface area contributed by atoms with Crippen LogP contribution in [0.15, 0.2) is 49.1 Å². The zero-order valence-corrected chi connectivity index (χ0v) is 15.9. The lowest BCUT2D eigenvalue weighted by Crippen LogP contribution is -2.36. The monoisotopic (exact) mass is 390 g/mol. The van der Waals surface area contributed by atoms with E-state index in [4.69, 9.17) is 20.6 Å². The Hall–Kier alpha value is -3.36. The number of nitrogens with two attached hydrogens (primary N) is 1. The number of pyridine rings is 1. The number of hydrogen-bond donors (Lipinski definition) is 2. The van der Waals surface area contributed by atoms with E-state index in [0.29, 0.717) is 37.1 Å². The van der Waals surface area contributed by atoms with Gasteiger partial charge in [0.15, 0.2) is 5.82 Å². The molecular formula is C21H22N6O2. The van der Waals surface area contributed by atoms with E-state index in [1.807, 2.05) is 24.4 Å². The van der Waals surface area contributed by atoms with Gasteiger partial charge >= 0.3 is 0 Å². The summed E-state index contributed by atoms with van der Waals surface area (Å²) < 4.78 is 11.6. The molecule has 3 heterocycles. The molecule has 1 fully saturated rings. The maximum atomic E-state index is 7.56. The fraction of sp³-hybridized carbons (Fsp3) is 0.238. The molecule has 0 radical (unpaired) electrons. The van der Waals surface area contributed by atoms with E-state index in [1.54, 1.807) is 24.7 Å². The first-order valence-electron chi connectivity index (χ1n) is 9.38. The van der Waals surface area contributed by atoms with Crippen molar-refractivity contribution in [2.24, 2.45) is 5.73 Å². The van der Waals surface area contributed by atoms with Crippen molar-refractivity contribution in [2.75, 3.05) is 31.2 Å². The van der Waals surface area contributed by atoms with Crippen LogP contribution in [0.25, 0.3) is 11.4 Å². The van der Waals surface area contributed by atoms with Gasteiger partial charge in [-0.15, -0.1) is 0 Å². The highest BCUT2D eigenvalue weighted by Crippen LogP contribution is 2.33. The average Bonchev–Trinajstić information content (AvgIpc) is 2.80. The van der Waals surface area contributed by atoms with E-state index in [2.05, 4.69) is 19.9 Å². The molecule has 0 amide bonds. The summed E-state index contributed by atoms with van der Waals surface area (Å²) >= 11 is 0. The van der Waals surface area contributed by atoms with E-state index in [0.717, 1.165) is 35.5 Å². The number of nitrogens with one attached hydrogen (secondary N) is 1. The van der Waals surface area contributed by atoms with Crippen LogP contribution in [-0.2, 0) is 11.3 Å². The third-order valence-corrected chi connectivity index (χ3v) is 4.66. The molecule has 1 aromatic carbocycles. The van der Waals surface area contributed by atoms with E-state index in [9.17, 15) is 0 Å². The molecule has 0 bridgehead atoms. The Bertz CT molecular complexity index is 987. The van der Waals surface area contributed by atoms with Gasteiger partial charge in [-0.25, -0.2) is 9.97 Å². The maximum absolute atomic E-state index is 7.56. The third kappa shape index (κ3) is 4.39. The maximum Gasteiger partial charge on any atom is 0.162 e. The second kappa shape index (κ2) is 8.76. The Kier molecular flexibility index (Phi) is 5.73. The molecule has 148 valence electrons. The zero-order chi connectivity index (χ0) is 20.1. The van der Waals surface area contributed by atoms with Crippen molar-refractivity contribution in [2.45, 2.75) is 6.54 Å². The fourth-order valence-corrected chi connectivity index (χ4v) is 3.08.